The molecule has 2 aromatic carbocycles. The lowest BCUT2D eigenvalue weighted by Gasteiger charge is -2.32. The lowest BCUT2D eigenvalue weighted by molar-refractivity contribution is -0.130. The van der Waals surface area contributed by atoms with Crippen molar-refractivity contribution in [1.29, 1.82) is 0 Å². The number of piperidine rings is 2. The number of nitrogens with two attached hydrogens (primary N) is 3. The maximum atomic E-state index is 13.9. The number of nitrogen functional groups attached to an aromatic ring is 2. The van der Waals surface area contributed by atoms with E-state index in [2.05, 4.69) is 15.3 Å². The molecule has 59 heavy (non-hydrogen) atoms. The van der Waals surface area contributed by atoms with Gasteiger partial charge < -0.3 is 41.8 Å². The van der Waals surface area contributed by atoms with E-state index in [9.17, 15) is 28.0 Å². The number of methoxy groups -OCH3 is 2. The molecule has 0 spiro atoms. The van der Waals surface area contributed by atoms with E-state index in [1.165, 1.54) is 38.5 Å². The van der Waals surface area contributed by atoms with Crippen LogP contribution in [0.25, 0.3) is 0 Å². The summed E-state index contributed by atoms with van der Waals surface area (Å²) in [7, 11) is 2.72. The summed E-state index contributed by atoms with van der Waals surface area (Å²) >= 11 is 17.1. The van der Waals surface area contributed by atoms with Gasteiger partial charge in [-0.25, -0.2) is 18.7 Å². The number of carbonyl (C=O) groups is 4. The van der Waals surface area contributed by atoms with Gasteiger partial charge in [0.15, 0.2) is 0 Å². The molecule has 4 aromatic rings. The van der Waals surface area contributed by atoms with Gasteiger partial charge in [0.25, 0.3) is 0 Å². The van der Waals surface area contributed by atoms with Gasteiger partial charge in [-0.1, -0.05) is 34.8 Å². The summed E-state index contributed by atoms with van der Waals surface area (Å²) in [6.45, 7) is 6.22. The molecule has 0 aliphatic carbocycles. The molecule has 2 aromatic heterocycles. The van der Waals surface area contributed by atoms with Crippen molar-refractivity contribution in [3.8, 4) is 11.5 Å². The van der Waals surface area contributed by atoms with Crippen molar-refractivity contribution in [3.05, 3.63) is 97.6 Å². The fourth-order valence-electron chi connectivity index (χ4n) is 6.19. The smallest absolute Gasteiger partial charge is 0.219 e. The van der Waals surface area contributed by atoms with E-state index in [1.807, 2.05) is 4.90 Å². The first-order chi connectivity index (χ1) is 27.9. The molecule has 2 aliphatic heterocycles. The highest BCUT2D eigenvalue weighted by atomic mass is 35.5. The SMILES string of the molecule is CC(=O)N1CCC(N)CC1.COc1cc(Cl)c(F)cc1C(=O)c1ccc(Cl)nc1N.COc1cc(Cl)c(F)cc1C(=O)c1ccc(NC2CCN(C(C)=O)CC2)nc1N. The quantitative estimate of drug-likeness (QED) is 0.112. The Morgan fingerprint density at radius 2 is 1.10 bits per heavy atom. The fourth-order valence-corrected chi connectivity index (χ4v) is 6.65. The van der Waals surface area contributed by atoms with Gasteiger partial charge in [0.1, 0.15) is 45.7 Å². The molecule has 2 aliphatic rings. The molecular weight excluding hydrogens is 833 g/mol. The van der Waals surface area contributed by atoms with Gasteiger partial charge in [0.2, 0.25) is 23.4 Å². The fraction of sp³-hybridized carbons (Fsp3) is 0.350. The third-order valence-electron chi connectivity index (χ3n) is 9.56. The third-order valence-corrected chi connectivity index (χ3v) is 10.3. The van der Waals surface area contributed by atoms with Crippen molar-refractivity contribution in [2.45, 2.75) is 51.6 Å². The zero-order valence-electron chi connectivity index (χ0n) is 32.8. The number of hydrogen-bond acceptors (Lipinski definition) is 12. The zero-order chi connectivity index (χ0) is 43.6. The Balaban J connectivity index is 0.000000220. The molecule has 7 N–H and O–H groups in total. The standard InChI is InChI=1S/C20H22ClFN4O3.C13H9Cl2FN2O2.C7H14N2O/c1-11(27)26-7-5-12(6-8-26)24-18-4-3-13(20(23)25-18)19(28)14-9-16(22)15(21)10-17(14)29-2;1-20-10-5-8(14)9(16)4-7(10)12(19)6-2-3-11(15)18-13(6)17;1-6(10)9-4-2-7(8)3-5-9/h3-4,9-10,12H,5-8H2,1-2H3,(H3,23,24,25);2-5H,1H3,(H2,17,18);7H,2-5,8H2,1H3. The number of pyridine rings is 2. The summed E-state index contributed by atoms with van der Waals surface area (Å²) in [4.78, 5) is 59.1. The molecule has 316 valence electrons. The molecule has 2 saturated heterocycles. The van der Waals surface area contributed by atoms with Crippen molar-refractivity contribution in [3.63, 3.8) is 0 Å². The van der Waals surface area contributed by atoms with Crippen LogP contribution in [-0.2, 0) is 9.59 Å². The Morgan fingerprint density at radius 3 is 1.51 bits per heavy atom. The number of anilines is 3. The van der Waals surface area contributed by atoms with E-state index in [-0.39, 0.29) is 78.4 Å². The highest BCUT2D eigenvalue weighted by molar-refractivity contribution is 6.31. The van der Waals surface area contributed by atoms with Crippen LogP contribution in [-0.4, -0.2) is 95.6 Å². The average Bonchev–Trinajstić information content (AvgIpc) is 3.20. The molecule has 2 fully saturated rings. The molecule has 4 heterocycles. The van der Waals surface area contributed by atoms with Crippen LogP contribution in [0.2, 0.25) is 15.2 Å². The molecule has 0 unspecified atom stereocenters. The summed E-state index contributed by atoms with van der Waals surface area (Å²) in [6.07, 6.45) is 3.51. The van der Waals surface area contributed by atoms with Crippen LogP contribution < -0.4 is 32.0 Å². The monoisotopic (exact) mass is 876 g/mol. The molecule has 0 bridgehead atoms. The van der Waals surface area contributed by atoms with E-state index in [4.69, 9.17) is 61.5 Å². The first-order valence-electron chi connectivity index (χ1n) is 18.3. The molecule has 2 amide bonds. The van der Waals surface area contributed by atoms with E-state index in [1.54, 1.807) is 30.9 Å². The van der Waals surface area contributed by atoms with Gasteiger partial charge in [-0.2, -0.15) is 0 Å². The summed E-state index contributed by atoms with van der Waals surface area (Å²) in [5.74, 6) is -1.42. The number of aromatic nitrogens is 2. The van der Waals surface area contributed by atoms with Crippen molar-refractivity contribution in [2.24, 2.45) is 5.73 Å². The lowest BCUT2D eigenvalue weighted by Crippen LogP contribution is -2.41. The highest BCUT2D eigenvalue weighted by Gasteiger charge is 2.24. The molecule has 19 heteroatoms. The highest BCUT2D eigenvalue weighted by Crippen LogP contribution is 2.31. The number of amides is 2. The first kappa shape index (κ1) is 46.4. The van der Waals surface area contributed by atoms with Crippen LogP contribution in [0, 0.1) is 11.6 Å². The Labute approximate surface area is 355 Å². The van der Waals surface area contributed by atoms with Crippen LogP contribution in [0.4, 0.5) is 26.2 Å². The molecule has 6 rings (SSSR count). The molecule has 0 radical (unpaired) electrons. The number of nitrogens with one attached hydrogen (secondary N) is 1. The number of ketones is 2. The van der Waals surface area contributed by atoms with E-state index >= 15 is 0 Å². The minimum Gasteiger partial charge on any atom is -0.496 e. The van der Waals surface area contributed by atoms with E-state index in [0.29, 0.717) is 24.9 Å². The van der Waals surface area contributed by atoms with E-state index < -0.39 is 23.2 Å². The number of likely N-dealkylation sites (tertiary alicyclic amines) is 2. The lowest BCUT2D eigenvalue weighted by atomic mass is 10.0. The predicted molar refractivity (Wildman–Crippen MR) is 223 cm³/mol. The second-order valence-corrected chi connectivity index (χ2v) is 14.8. The molecule has 14 nitrogen and oxygen atoms in total. The minimum absolute atomic E-state index is 0.00484. The number of nitrogens with zero attached hydrogens (tertiary/aromatic N) is 4. The number of hydrogen-bond donors (Lipinski definition) is 4. The Hall–Kier alpha value is -5.29. The predicted octanol–water partition coefficient (Wildman–Crippen LogP) is 6.42. The largest absolute Gasteiger partial charge is 0.496 e. The number of halogens is 5. The van der Waals surface area contributed by atoms with Crippen molar-refractivity contribution >= 4 is 75.6 Å². The topological polar surface area (TPSA) is 209 Å². The van der Waals surface area contributed by atoms with Crippen molar-refractivity contribution in [1.82, 2.24) is 19.8 Å². The second kappa shape index (κ2) is 21.1. The van der Waals surface area contributed by atoms with Gasteiger partial charge in [-0.05, 0) is 62.1 Å². The maximum Gasteiger partial charge on any atom is 0.219 e. The molecule has 0 atom stereocenters. The number of ether oxygens (including phenoxy) is 2. The van der Waals surface area contributed by atoms with Gasteiger partial charge in [-0.15, -0.1) is 0 Å². The van der Waals surface area contributed by atoms with Gasteiger partial charge in [0, 0.05) is 64.2 Å². The normalized spacial score (nSPS) is 14.3. The second-order valence-electron chi connectivity index (χ2n) is 13.6. The van der Waals surface area contributed by atoms with Crippen LogP contribution >= 0.6 is 34.8 Å². The minimum atomic E-state index is -0.726. The van der Waals surface area contributed by atoms with Gasteiger partial charge in [0.05, 0.1) is 46.5 Å². The van der Waals surface area contributed by atoms with Crippen molar-refractivity contribution < 1.29 is 37.4 Å². The van der Waals surface area contributed by atoms with Crippen LogP contribution in [0.3, 0.4) is 0 Å². The van der Waals surface area contributed by atoms with Crippen LogP contribution in [0.15, 0.2) is 48.5 Å². The van der Waals surface area contributed by atoms with Gasteiger partial charge in [-0.3, -0.25) is 19.2 Å². The van der Waals surface area contributed by atoms with E-state index in [0.717, 1.165) is 50.9 Å². The zero-order valence-corrected chi connectivity index (χ0v) is 35.1. The molecule has 0 saturated carbocycles. The van der Waals surface area contributed by atoms with Gasteiger partial charge >= 0.3 is 0 Å². The maximum absolute atomic E-state index is 13.9. The number of rotatable bonds is 8. The summed E-state index contributed by atoms with van der Waals surface area (Å²) < 4.78 is 37.5. The summed E-state index contributed by atoms with van der Waals surface area (Å²) in [6, 6.07) is 11.0. The third kappa shape index (κ3) is 12.4. The molecular formula is C40H45Cl3F2N8O6. The Morgan fingerprint density at radius 1 is 0.678 bits per heavy atom. The van der Waals surface area contributed by atoms with Crippen molar-refractivity contribution in [2.75, 3.05) is 57.2 Å². The summed E-state index contributed by atoms with van der Waals surface area (Å²) in [5.41, 5.74) is 17.6. The Bertz CT molecular complexity index is 2180. The Kier molecular flexibility index (Phi) is 16.6. The summed E-state index contributed by atoms with van der Waals surface area (Å²) in [5, 5.41) is 3.17. The number of benzene rings is 2. The average molecular weight is 878 g/mol. The first-order valence-corrected chi connectivity index (χ1v) is 19.4. The number of carbonyl (C=O) groups excluding carboxylic acids is 4. The van der Waals surface area contributed by atoms with Crippen LogP contribution in [0.1, 0.15) is 71.4 Å². The van der Waals surface area contributed by atoms with Crippen LogP contribution in [0.5, 0.6) is 11.5 Å².